The highest BCUT2D eigenvalue weighted by Gasteiger charge is 2.12. The van der Waals surface area contributed by atoms with Crippen molar-refractivity contribution in [3.63, 3.8) is 0 Å². The summed E-state index contributed by atoms with van der Waals surface area (Å²) >= 11 is 5.58. The fourth-order valence-corrected chi connectivity index (χ4v) is 1.91. The normalized spacial score (nSPS) is 10.7. The molecule has 0 aliphatic carbocycles. The van der Waals surface area contributed by atoms with Crippen LogP contribution >= 0.6 is 11.6 Å². The van der Waals surface area contributed by atoms with Crippen LogP contribution in [0.2, 0.25) is 0 Å². The summed E-state index contributed by atoms with van der Waals surface area (Å²) in [5, 5.41) is 0. The number of nitrogens with zero attached hydrogens (tertiary/aromatic N) is 1. The molecule has 0 aromatic heterocycles. The summed E-state index contributed by atoms with van der Waals surface area (Å²) in [6, 6.07) is 5.69. The zero-order valence-electron chi connectivity index (χ0n) is 11.3. The van der Waals surface area contributed by atoms with Crippen molar-refractivity contribution in [1.82, 2.24) is 4.90 Å². The van der Waals surface area contributed by atoms with Crippen LogP contribution in [0.15, 0.2) is 24.3 Å². The Bertz CT molecular complexity index is 412. The highest BCUT2D eigenvalue weighted by atomic mass is 35.5. The lowest BCUT2D eigenvalue weighted by Crippen LogP contribution is -2.27. The van der Waals surface area contributed by atoms with Crippen LogP contribution in [0.3, 0.4) is 0 Å². The third kappa shape index (κ3) is 5.74. The molecule has 0 radical (unpaired) electrons. The van der Waals surface area contributed by atoms with Gasteiger partial charge in [0, 0.05) is 25.0 Å². The molecule has 0 aliphatic heterocycles. The zero-order valence-corrected chi connectivity index (χ0v) is 12.1. The van der Waals surface area contributed by atoms with Crippen LogP contribution in [0.4, 0.5) is 8.78 Å². The first kappa shape index (κ1) is 16.7. The molecule has 20 heavy (non-hydrogen) atoms. The number of benzene rings is 1. The van der Waals surface area contributed by atoms with Gasteiger partial charge >= 0.3 is 6.61 Å². The third-order valence-corrected chi connectivity index (χ3v) is 3.07. The van der Waals surface area contributed by atoms with E-state index in [1.54, 1.807) is 11.9 Å². The Balaban J connectivity index is 2.49. The fraction of sp³-hybridized carbons (Fsp3) is 0.500. The number of hydrogen-bond acceptors (Lipinski definition) is 2. The summed E-state index contributed by atoms with van der Waals surface area (Å²) in [6.45, 7) is -2.22. The topological polar surface area (TPSA) is 29.5 Å². The van der Waals surface area contributed by atoms with Crippen molar-refractivity contribution in [1.29, 1.82) is 0 Å². The summed E-state index contributed by atoms with van der Waals surface area (Å²) in [5.74, 6) is 0.532. The SMILES string of the molecule is CN(CCCCCCl)C(=O)c1ccc(OC(F)F)cc1. The van der Waals surface area contributed by atoms with Gasteiger partial charge in [-0.05, 0) is 37.1 Å². The minimum Gasteiger partial charge on any atom is -0.435 e. The summed E-state index contributed by atoms with van der Waals surface area (Å²) < 4.78 is 28.2. The first-order valence-corrected chi connectivity index (χ1v) is 6.94. The highest BCUT2D eigenvalue weighted by molar-refractivity contribution is 6.17. The van der Waals surface area contributed by atoms with Gasteiger partial charge in [0.25, 0.3) is 5.91 Å². The largest absolute Gasteiger partial charge is 0.435 e. The van der Waals surface area contributed by atoms with E-state index in [9.17, 15) is 13.6 Å². The van der Waals surface area contributed by atoms with Gasteiger partial charge in [-0.2, -0.15) is 8.78 Å². The van der Waals surface area contributed by atoms with Crippen molar-refractivity contribution in [2.75, 3.05) is 19.5 Å². The molecule has 3 nitrogen and oxygen atoms in total. The predicted octanol–water partition coefficient (Wildman–Crippen LogP) is 3.77. The van der Waals surface area contributed by atoms with Crippen LogP contribution in [0.1, 0.15) is 29.6 Å². The Labute approximate surface area is 122 Å². The number of amides is 1. The van der Waals surface area contributed by atoms with Crippen LogP contribution in [0, 0.1) is 0 Å². The van der Waals surface area contributed by atoms with Gasteiger partial charge in [-0.1, -0.05) is 6.42 Å². The second kappa shape index (κ2) is 8.74. The van der Waals surface area contributed by atoms with E-state index >= 15 is 0 Å². The number of carbonyl (C=O) groups excluding carboxylic acids is 1. The molecule has 1 aromatic rings. The van der Waals surface area contributed by atoms with Gasteiger partial charge in [0.05, 0.1) is 0 Å². The number of unbranched alkanes of at least 4 members (excludes halogenated alkanes) is 2. The van der Waals surface area contributed by atoms with Crippen molar-refractivity contribution in [3.05, 3.63) is 29.8 Å². The van der Waals surface area contributed by atoms with Crippen molar-refractivity contribution < 1.29 is 18.3 Å². The number of hydrogen-bond donors (Lipinski definition) is 0. The average Bonchev–Trinajstić information content (AvgIpc) is 2.43. The number of ether oxygens (including phenoxy) is 1. The average molecular weight is 306 g/mol. The van der Waals surface area contributed by atoms with Crippen LogP contribution in [-0.2, 0) is 0 Å². The van der Waals surface area contributed by atoms with Crippen LogP contribution in [-0.4, -0.2) is 36.9 Å². The summed E-state index contributed by atoms with van der Waals surface area (Å²) in [5.41, 5.74) is 0.450. The van der Waals surface area contributed by atoms with Gasteiger partial charge in [-0.25, -0.2) is 0 Å². The molecular weight excluding hydrogens is 288 g/mol. The number of rotatable bonds is 8. The van der Waals surface area contributed by atoms with Crippen molar-refractivity contribution in [2.24, 2.45) is 0 Å². The maximum atomic E-state index is 12.1. The van der Waals surface area contributed by atoms with Crippen molar-refractivity contribution >= 4 is 17.5 Å². The van der Waals surface area contributed by atoms with Crippen LogP contribution in [0.25, 0.3) is 0 Å². The monoisotopic (exact) mass is 305 g/mol. The molecule has 6 heteroatoms. The zero-order chi connectivity index (χ0) is 15.0. The van der Waals surface area contributed by atoms with Crippen LogP contribution < -0.4 is 4.74 Å². The molecule has 0 atom stereocenters. The second-order valence-corrected chi connectivity index (χ2v) is 4.76. The molecule has 1 rings (SSSR count). The molecule has 0 saturated carbocycles. The predicted molar refractivity (Wildman–Crippen MR) is 74.6 cm³/mol. The maximum absolute atomic E-state index is 12.1. The van der Waals surface area contributed by atoms with Crippen molar-refractivity contribution in [3.8, 4) is 5.75 Å². The van der Waals surface area contributed by atoms with E-state index in [2.05, 4.69) is 4.74 Å². The van der Waals surface area contributed by atoms with E-state index < -0.39 is 6.61 Å². The van der Waals surface area contributed by atoms with E-state index in [1.165, 1.54) is 24.3 Å². The molecule has 112 valence electrons. The lowest BCUT2D eigenvalue weighted by molar-refractivity contribution is -0.0498. The van der Waals surface area contributed by atoms with E-state index in [4.69, 9.17) is 11.6 Å². The summed E-state index contributed by atoms with van der Waals surface area (Å²) in [6.07, 6.45) is 2.80. The molecule has 0 N–H and O–H groups in total. The molecular formula is C14H18ClF2NO2. The Morgan fingerprint density at radius 1 is 1.25 bits per heavy atom. The first-order chi connectivity index (χ1) is 9.54. The minimum atomic E-state index is -2.86. The standard InChI is InChI=1S/C14H18ClF2NO2/c1-18(10-4-2-3-9-15)13(19)11-5-7-12(8-6-11)20-14(16)17/h5-8,14H,2-4,9-10H2,1H3. The Morgan fingerprint density at radius 2 is 1.90 bits per heavy atom. The summed E-state index contributed by atoms with van der Waals surface area (Å²) in [7, 11) is 1.71. The van der Waals surface area contributed by atoms with Gasteiger partial charge in [-0.3, -0.25) is 4.79 Å². The quantitative estimate of drug-likeness (QED) is 0.540. The van der Waals surface area contributed by atoms with Gasteiger partial charge in [-0.15, -0.1) is 11.6 Å². The molecule has 0 saturated heterocycles. The van der Waals surface area contributed by atoms with E-state index in [1.807, 2.05) is 0 Å². The Hall–Kier alpha value is -1.36. The first-order valence-electron chi connectivity index (χ1n) is 6.41. The summed E-state index contributed by atoms with van der Waals surface area (Å²) in [4.78, 5) is 13.7. The van der Waals surface area contributed by atoms with Crippen molar-refractivity contribution in [2.45, 2.75) is 25.9 Å². The molecule has 0 fully saturated rings. The van der Waals surface area contributed by atoms with E-state index in [0.717, 1.165) is 19.3 Å². The smallest absolute Gasteiger partial charge is 0.387 e. The van der Waals surface area contributed by atoms with Gasteiger partial charge < -0.3 is 9.64 Å². The lowest BCUT2D eigenvalue weighted by Gasteiger charge is -2.17. The molecule has 0 bridgehead atoms. The number of carbonyl (C=O) groups is 1. The molecule has 0 spiro atoms. The van der Waals surface area contributed by atoms with E-state index in [0.29, 0.717) is 18.0 Å². The molecule has 1 aromatic carbocycles. The Morgan fingerprint density at radius 3 is 2.45 bits per heavy atom. The Kier molecular flexibility index (Phi) is 7.30. The molecule has 1 amide bonds. The van der Waals surface area contributed by atoms with E-state index in [-0.39, 0.29) is 11.7 Å². The lowest BCUT2D eigenvalue weighted by atomic mass is 10.2. The van der Waals surface area contributed by atoms with Gasteiger partial charge in [0.2, 0.25) is 0 Å². The van der Waals surface area contributed by atoms with Crippen LogP contribution in [0.5, 0.6) is 5.75 Å². The fourth-order valence-electron chi connectivity index (χ4n) is 1.72. The van der Waals surface area contributed by atoms with Gasteiger partial charge in [0.1, 0.15) is 5.75 Å². The molecule has 0 aliphatic rings. The second-order valence-electron chi connectivity index (χ2n) is 4.38. The number of halogens is 3. The number of alkyl halides is 3. The molecule has 0 heterocycles. The minimum absolute atomic E-state index is 0.0429. The third-order valence-electron chi connectivity index (χ3n) is 2.80. The maximum Gasteiger partial charge on any atom is 0.387 e. The van der Waals surface area contributed by atoms with Gasteiger partial charge in [0.15, 0.2) is 0 Å². The highest BCUT2D eigenvalue weighted by Crippen LogP contribution is 2.16. The molecule has 0 unspecified atom stereocenters.